The molecule has 0 N–H and O–H groups in total. The predicted octanol–water partition coefficient (Wildman–Crippen LogP) is 6.03. The molecule has 8 heteroatoms. The van der Waals surface area contributed by atoms with Crippen LogP contribution in [0.1, 0.15) is 43.2 Å². The van der Waals surface area contributed by atoms with Crippen molar-refractivity contribution >= 4 is 17.5 Å². The van der Waals surface area contributed by atoms with Gasteiger partial charge in [0.1, 0.15) is 11.9 Å². The van der Waals surface area contributed by atoms with Crippen LogP contribution >= 0.6 is 11.6 Å². The maximum absolute atomic E-state index is 13.8. The molecule has 2 fully saturated rings. The summed E-state index contributed by atoms with van der Waals surface area (Å²) in [6, 6.07) is 12.5. The van der Waals surface area contributed by atoms with Gasteiger partial charge in [-0.15, -0.1) is 0 Å². The molecule has 1 saturated heterocycles. The number of halogens is 4. The molecule has 2 aromatic carbocycles. The maximum atomic E-state index is 13.8. The van der Waals surface area contributed by atoms with Gasteiger partial charge in [0, 0.05) is 30.6 Å². The number of hydrogen-bond acceptors (Lipinski definition) is 3. The minimum Gasteiger partial charge on any atom is -0.489 e. The molecule has 2 atom stereocenters. The highest BCUT2D eigenvalue weighted by molar-refractivity contribution is 6.30. The van der Waals surface area contributed by atoms with E-state index < -0.39 is 17.2 Å². The highest BCUT2D eigenvalue weighted by Gasteiger charge is 2.48. The van der Waals surface area contributed by atoms with Gasteiger partial charge in [0.05, 0.1) is 11.0 Å². The molecule has 1 aliphatic heterocycles. The SMILES string of the molecule is CN(C)C[C@@H](Oc1ccc(C(F)(F)F)cc1)[C@@H]1CCCN(C(=O)C2(c3ccc(Cl)cc3)CCC2)C1. The summed E-state index contributed by atoms with van der Waals surface area (Å²) in [5.41, 5.74) is -0.166. The molecule has 0 radical (unpaired) electrons. The van der Waals surface area contributed by atoms with Crippen LogP contribution in [0.5, 0.6) is 5.75 Å². The highest BCUT2D eigenvalue weighted by atomic mass is 35.5. The van der Waals surface area contributed by atoms with Crippen molar-refractivity contribution in [1.29, 1.82) is 0 Å². The van der Waals surface area contributed by atoms with Gasteiger partial charge in [-0.25, -0.2) is 0 Å². The summed E-state index contributed by atoms with van der Waals surface area (Å²) in [6.45, 7) is 1.89. The molecule has 4 nitrogen and oxygen atoms in total. The number of ether oxygens (including phenoxy) is 1. The van der Waals surface area contributed by atoms with Crippen LogP contribution in [-0.2, 0) is 16.4 Å². The summed E-state index contributed by atoms with van der Waals surface area (Å²) in [4.78, 5) is 17.8. The Bertz CT molecular complexity index is 1000. The summed E-state index contributed by atoms with van der Waals surface area (Å²) in [7, 11) is 3.89. The monoisotopic (exact) mass is 508 g/mol. The number of likely N-dealkylation sites (N-methyl/N-ethyl adjacent to an activating group) is 1. The van der Waals surface area contributed by atoms with Crippen LogP contribution in [0.15, 0.2) is 48.5 Å². The zero-order valence-corrected chi connectivity index (χ0v) is 20.9. The Kier molecular flexibility index (Phi) is 7.67. The van der Waals surface area contributed by atoms with Gasteiger partial charge in [0.25, 0.3) is 0 Å². The number of alkyl halides is 3. The highest BCUT2D eigenvalue weighted by Crippen LogP contribution is 2.46. The fourth-order valence-electron chi connectivity index (χ4n) is 5.27. The lowest BCUT2D eigenvalue weighted by Crippen LogP contribution is -2.55. The molecule has 190 valence electrons. The average Bonchev–Trinajstić information content (AvgIpc) is 2.78. The number of benzene rings is 2. The van der Waals surface area contributed by atoms with Crippen LogP contribution in [0, 0.1) is 5.92 Å². The zero-order valence-electron chi connectivity index (χ0n) is 20.2. The van der Waals surface area contributed by atoms with Crippen molar-refractivity contribution in [3.63, 3.8) is 0 Å². The number of carbonyl (C=O) groups excluding carboxylic acids is 1. The summed E-state index contributed by atoms with van der Waals surface area (Å²) < 4.78 is 45.1. The third kappa shape index (κ3) is 5.78. The second kappa shape index (κ2) is 10.4. The fourth-order valence-corrected chi connectivity index (χ4v) is 5.39. The van der Waals surface area contributed by atoms with E-state index in [4.69, 9.17) is 16.3 Å². The van der Waals surface area contributed by atoms with Crippen molar-refractivity contribution in [1.82, 2.24) is 9.80 Å². The first-order valence-electron chi connectivity index (χ1n) is 12.1. The van der Waals surface area contributed by atoms with Gasteiger partial charge in [0.2, 0.25) is 5.91 Å². The first-order valence-corrected chi connectivity index (χ1v) is 12.5. The van der Waals surface area contributed by atoms with E-state index in [1.54, 1.807) is 0 Å². The number of rotatable bonds is 7. The molecular weight excluding hydrogens is 477 g/mol. The van der Waals surface area contributed by atoms with Gasteiger partial charge < -0.3 is 14.5 Å². The van der Waals surface area contributed by atoms with Crippen molar-refractivity contribution in [3.8, 4) is 5.75 Å². The van der Waals surface area contributed by atoms with Crippen LogP contribution in [0.3, 0.4) is 0 Å². The van der Waals surface area contributed by atoms with E-state index >= 15 is 0 Å². The van der Waals surface area contributed by atoms with E-state index in [1.165, 1.54) is 12.1 Å². The molecule has 0 aromatic heterocycles. The standard InChI is InChI=1S/C27H32ClF3N2O2/c1-32(2)18-24(35-23-12-8-21(9-13-23)27(29,30)31)19-5-3-16-33(17-19)25(34)26(14-4-15-26)20-6-10-22(28)11-7-20/h6-13,19,24H,3-5,14-18H2,1-2H3/t19-,24-/m1/s1. The Hall–Kier alpha value is -2.25. The van der Waals surface area contributed by atoms with Crippen molar-refractivity contribution in [3.05, 3.63) is 64.7 Å². The molecule has 2 aliphatic rings. The molecule has 1 aliphatic carbocycles. The Morgan fingerprint density at radius 2 is 1.77 bits per heavy atom. The molecular formula is C27H32ClF3N2O2. The van der Waals surface area contributed by atoms with Crippen molar-refractivity contribution in [2.24, 2.45) is 5.92 Å². The first kappa shape index (κ1) is 25.8. The summed E-state index contributed by atoms with van der Waals surface area (Å²) in [5.74, 6) is 0.651. The van der Waals surface area contributed by atoms with Crippen LogP contribution in [0.4, 0.5) is 13.2 Å². The Balaban J connectivity index is 1.49. The van der Waals surface area contributed by atoms with Crippen LogP contribution in [0.2, 0.25) is 5.02 Å². The molecule has 2 aromatic rings. The molecule has 1 amide bonds. The van der Waals surface area contributed by atoms with Gasteiger partial charge >= 0.3 is 6.18 Å². The molecule has 1 saturated carbocycles. The minimum atomic E-state index is -4.38. The van der Waals surface area contributed by atoms with E-state index in [1.807, 2.05) is 48.2 Å². The lowest BCUT2D eigenvalue weighted by Gasteiger charge is -2.46. The van der Waals surface area contributed by atoms with Crippen molar-refractivity contribution < 1.29 is 22.7 Å². The van der Waals surface area contributed by atoms with E-state index in [0.717, 1.165) is 49.8 Å². The summed E-state index contributed by atoms with van der Waals surface area (Å²) >= 11 is 6.08. The second-order valence-electron chi connectivity index (χ2n) is 10.0. The molecule has 0 unspecified atom stereocenters. The molecule has 4 rings (SSSR count). The number of likely N-dealkylation sites (tertiary alicyclic amines) is 1. The Labute approximate surface area is 210 Å². The Morgan fingerprint density at radius 3 is 2.31 bits per heavy atom. The molecule has 0 spiro atoms. The van der Waals surface area contributed by atoms with Gasteiger partial charge in [-0.05, 0) is 81.7 Å². The lowest BCUT2D eigenvalue weighted by atomic mass is 9.63. The van der Waals surface area contributed by atoms with Crippen molar-refractivity contribution in [2.45, 2.75) is 49.8 Å². The van der Waals surface area contributed by atoms with Crippen molar-refractivity contribution in [2.75, 3.05) is 33.7 Å². The van der Waals surface area contributed by atoms with Crippen LogP contribution < -0.4 is 4.74 Å². The normalized spacial score (nSPS) is 20.9. The Morgan fingerprint density at radius 1 is 1.11 bits per heavy atom. The van der Waals surface area contributed by atoms with Gasteiger partial charge in [-0.2, -0.15) is 13.2 Å². The lowest BCUT2D eigenvalue weighted by molar-refractivity contribution is -0.143. The number of nitrogens with zero attached hydrogens (tertiary/aromatic N) is 2. The second-order valence-corrected chi connectivity index (χ2v) is 10.5. The minimum absolute atomic E-state index is 0.0831. The third-order valence-corrected chi connectivity index (χ3v) is 7.55. The number of piperidine rings is 1. The number of amides is 1. The van der Waals surface area contributed by atoms with E-state index in [-0.39, 0.29) is 17.9 Å². The van der Waals surface area contributed by atoms with Gasteiger partial charge in [-0.3, -0.25) is 4.79 Å². The number of carbonyl (C=O) groups is 1. The fraction of sp³-hybridized carbons (Fsp3) is 0.519. The van der Waals surface area contributed by atoms with Crippen LogP contribution in [0.25, 0.3) is 0 Å². The first-order chi connectivity index (χ1) is 16.6. The van der Waals surface area contributed by atoms with Gasteiger partial charge in [-0.1, -0.05) is 30.2 Å². The smallest absolute Gasteiger partial charge is 0.416 e. The average molecular weight is 509 g/mol. The molecule has 0 bridgehead atoms. The molecule has 1 heterocycles. The number of hydrogen-bond donors (Lipinski definition) is 0. The van der Waals surface area contributed by atoms with E-state index in [2.05, 4.69) is 0 Å². The van der Waals surface area contributed by atoms with E-state index in [9.17, 15) is 18.0 Å². The summed E-state index contributed by atoms with van der Waals surface area (Å²) in [6.07, 6.45) is -0.177. The maximum Gasteiger partial charge on any atom is 0.416 e. The zero-order chi connectivity index (χ0) is 25.2. The van der Waals surface area contributed by atoms with Crippen LogP contribution in [-0.4, -0.2) is 55.5 Å². The largest absolute Gasteiger partial charge is 0.489 e. The quantitative estimate of drug-likeness (QED) is 0.458. The van der Waals surface area contributed by atoms with Gasteiger partial charge in [0.15, 0.2) is 0 Å². The molecule has 35 heavy (non-hydrogen) atoms. The van der Waals surface area contributed by atoms with E-state index in [0.29, 0.717) is 30.4 Å². The summed E-state index contributed by atoms with van der Waals surface area (Å²) in [5, 5.41) is 0.653. The topological polar surface area (TPSA) is 32.8 Å². The predicted molar refractivity (Wildman–Crippen MR) is 131 cm³/mol. The third-order valence-electron chi connectivity index (χ3n) is 7.30.